The lowest BCUT2D eigenvalue weighted by atomic mass is 9.95. The molecule has 0 saturated heterocycles. The van der Waals surface area contributed by atoms with Crippen LogP contribution in [-0.2, 0) is 0 Å². The molecule has 81 heavy (non-hydrogen) atoms. The quantitative estimate of drug-likeness (QED) is 0.149. The molecule has 17 aromatic rings. The topological polar surface area (TPSA) is 61.7 Å². The summed E-state index contributed by atoms with van der Waals surface area (Å²) in [6.45, 7) is 0. The molecule has 0 atom stereocenters. The van der Waals surface area contributed by atoms with Gasteiger partial charge in [-0.05, 0) is 96.5 Å². The summed E-state index contributed by atoms with van der Waals surface area (Å²) in [4.78, 5) is 16.6. The fourth-order valence-electron chi connectivity index (χ4n) is 12.8. The van der Waals surface area contributed by atoms with Gasteiger partial charge in [0.2, 0.25) is 5.95 Å². The molecule has 6 nitrogen and oxygen atoms in total. The number of rotatable bonds is 7. The van der Waals surface area contributed by atoms with Gasteiger partial charge in [0.15, 0.2) is 11.6 Å². The van der Waals surface area contributed by atoms with E-state index in [9.17, 15) is 0 Å². The van der Waals surface area contributed by atoms with Crippen LogP contribution in [0.3, 0.4) is 0 Å². The normalized spacial score (nSPS) is 12.0. The second kappa shape index (κ2) is 17.8. The molecule has 0 fully saturated rings. The van der Waals surface area contributed by atoms with Crippen molar-refractivity contribution < 1.29 is 4.42 Å². The lowest BCUT2D eigenvalue weighted by Crippen LogP contribution is -2.07. The summed E-state index contributed by atoms with van der Waals surface area (Å²) in [6.07, 6.45) is 0. The molecule has 0 aliphatic rings. The molecule has 0 N–H and O–H groups in total. The van der Waals surface area contributed by atoms with Crippen LogP contribution < -0.4 is 0 Å². The number of hydrogen-bond donors (Lipinski definition) is 0. The van der Waals surface area contributed by atoms with Gasteiger partial charge in [-0.1, -0.05) is 237 Å². The van der Waals surface area contributed by atoms with Gasteiger partial charge in [0.05, 0.1) is 22.1 Å². The average molecular weight is 1030 g/mol. The minimum Gasteiger partial charge on any atom is -0.455 e. The van der Waals surface area contributed by atoms with E-state index in [0.29, 0.717) is 17.6 Å². The van der Waals surface area contributed by atoms with Gasteiger partial charge >= 0.3 is 0 Å². The van der Waals surface area contributed by atoms with Crippen molar-refractivity contribution in [2.24, 2.45) is 0 Å². The maximum absolute atomic E-state index is 6.88. The Bertz CT molecular complexity index is 5390. The zero-order valence-electron chi connectivity index (χ0n) is 43.6. The third-order valence-corrected chi connectivity index (χ3v) is 16.6. The first-order chi connectivity index (χ1) is 40.2. The molecule has 0 radical (unpaired) electrons. The summed E-state index contributed by atoms with van der Waals surface area (Å²) < 4.78 is 11.6. The van der Waals surface area contributed by atoms with Crippen molar-refractivity contribution in [1.29, 1.82) is 0 Å². The number of fused-ring (bicyclic) bond motifs is 14. The van der Waals surface area contributed by atoms with Crippen molar-refractivity contribution in [3.8, 4) is 67.8 Å². The maximum atomic E-state index is 6.88. The number of hydrogen-bond acceptors (Lipinski definition) is 4. The largest absolute Gasteiger partial charge is 0.455 e. The van der Waals surface area contributed by atoms with Crippen LogP contribution in [0.1, 0.15) is 0 Å². The summed E-state index contributed by atoms with van der Waals surface area (Å²) in [5, 5.41) is 13.5. The third-order valence-electron chi connectivity index (χ3n) is 16.6. The zero-order valence-corrected chi connectivity index (χ0v) is 43.6. The van der Waals surface area contributed by atoms with Crippen LogP contribution in [0.4, 0.5) is 0 Å². The van der Waals surface area contributed by atoms with Crippen molar-refractivity contribution in [2.75, 3.05) is 0 Å². The SMILES string of the molecule is c1ccc(-c2ccc(-c3nc(-c4cc5ccccc5c5ccccc45)nc(-n4c5ccccc5c5ccc6c7ccccc7n(-c7cc(-c8ccc(-c9cccc%10ccccc9%10)cc8)c8oc9ccccc9c8c7)c6c54)n3)cc2)cc1. The van der Waals surface area contributed by atoms with Crippen LogP contribution in [0.15, 0.2) is 277 Å². The molecule has 4 aromatic heterocycles. The van der Waals surface area contributed by atoms with E-state index in [1.54, 1.807) is 0 Å². The smallest absolute Gasteiger partial charge is 0.238 e. The van der Waals surface area contributed by atoms with Crippen LogP contribution in [0.2, 0.25) is 0 Å². The van der Waals surface area contributed by atoms with Gasteiger partial charge in [-0.15, -0.1) is 0 Å². The first kappa shape index (κ1) is 45.1. The predicted octanol–water partition coefficient (Wildman–Crippen LogP) is 19.8. The van der Waals surface area contributed by atoms with E-state index >= 15 is 0 Å². The number of para-hydroxylation sites is 3. The maximum Gasteiger partial charge on any atom is 0.238 e. The van der Waals surface area contributed by atoms with Crippen LogP contribution in [0, 0.1) is 0 Å². The average Bonchev–Trinajstić information content (AvgIpc) is 3.87. The van der Waals surface area contributed by atoms with Gasteiger partial charge in [-0.3, -0.25) is 4.57 Å². The molecule has 0 spiro atoms. The molecule has 17 rings (SSSR count). The Hall–Kier alpha value is -11.0. The van der Waals surface area contributed by atoms with Crippen LogP contribution in [0.5, 0.6) is 0 Å². The van der Waals surface area contributed by atoms with Gasteiger partial charge in [0, 0.05) is 54.7 Å². The lowest BCUT2D eigenvalue weighted by Gasteiger charge is -2.15. The monoisotopic (exact) mass is 1030 g/mol. The third kappa shape index (κ3) is 7.04. The highest BCUT2D eigenvalue weighted by molar-refractivity contribution is 6.24. The Balaban J connectivity index is 0.949. The molecule has 4 heterocycles. The molecule has 0 amide bonds. The molecule has 376 valence electrons. The molecular formula is C75H45N5O. The molecular weight excluding hydrogens is 987 g/mol. The van der Waals surface area contributed by atoms with Crippen LogP contribution in [0.25, 0.3) is 166 Å². The Labute approximate surface area is 464 Å². The minimum atomic E-state index is 0.526. The highest BCUT2D eigenvalue weighted by atomic mass is 16.3. The highest BCUT2D eigenvalue weighted by Crippen LogP contribution is 2.45. The highest BCUT2D eigenvalue weighted by Gasteiger charge is 2.26. The van der Waals surface area contributed by atoms with Crippen molar-refractivity contribution >= 4 is 97.9 Å². The van der Waals surface area contributed by atoms with Crippen molar-refractivity contribution in [1.82, 2.24) is 24.1 Å². The molecule has 0 aliphatic heterocycles. The van der Waals surface area contributed by atoms with Gasteiger partial charge < -0.3 is 8.98 Å². The van der Waals surface area contributed by atoms with Crippen LogP contribution in [-0.4, -0.2) is 24.1 Å². The molecule has 13 aromatic carbocycles. The summed E-state index contributed by atoms with van der Waals surface area (Å²) in [6, 6.07) is 97.6. The van der Waals surface area contributed by atoms with E-state index in [-0.39, 0.29) is 0 Å². The fourth-order valence-corrected chi connectivity index (χ4v) is 12.8. The Morgan fingerprint density at radius 1 is 0.272 bits per heavy atom. The van der Waals surface area contributed by atoms with E-state index in [1.807, 2.05) is 6.07 Å². The summed E-state index contributed by atoms with van der Waals surface area (Å²) in [5.41, 5.74) is 15.4. The Morgan fingerprint density at radius 2 is 0.802 bits per heavy atom. The van der Waals surface area contributed by atoms with Gasteiger partial charge in [-0.2, -0.15) is 9.97 Å². The van der Waals surface area contributed by atoms with Crippen molar-refractivity contribution in [3.63, 3.8) is 0 Å². The van der Waals surface area contributed by atoms with E-state index in [1.165, 1.54) is 21.7 Å². The minimum absolute atomic E-state index is 0.526. The molecule has 0 saturated carbocycles. The molecule has 0 bridgehead atoms. The summed E-state index contributed by atoms with van der Waals surface area (Å²) in [7, 11) is 0. The Morgan fingerprint density at radius 3 is 1.56 bits per heavy atom. The van der Waals surface area contributed by atoms with Gasteiger partial charge in [-0.25, -0.2) is 4.98 Å². The van der Waals surface area contributed by atoms with E-state index in [2.05, 4.69) is 276 Å². The van der Waals surface area contributed by atoms with Crippen molar-refractivity contribution in [2.45, 2.75) is 0 Å². The van der Waals surface area contributed by atoms with E-state index in [0.717, 1.165) is 126 Å². The predicted molar refractivity (Wildman–Crippen MR) is 335 cm³/mol. The number of furan rings is 1. The standard InChI is InChI=1S/C75H45N5O/c1-2-17-46(18-3-1)47-33-39-51(40-34-47)73-76-74(66-43-52-20-5-7-23-56(52)57-24-8-9-25-58(57)66)78-75(77-73)80-68-31-14-11-27-60(68)63-42-41-62-59-26-10-13-30-67(59)79(70(62)71(63)80)53-44-64(72-65(45-53)61-28-12-15-32-69(61)81-72)50-37-35-49(36-38-50)55-29-16-21-48-19-4-6-22-54(48)55/h1-45H. The summed E-state index contributed by atoms with van der Waals surface area (Å²) in [5.74, 6) is 1.70. The number of nitrogens with zero attached hydrogens (tertiary/aromatic N) is 5. The summed E-state index contributed by atoms with van der Waals surface area (Å²) >= 11 is 0. The number of benzene rings is 13. The van der Waals surface area contributed by atoms with E-state index in [4.69, 9.17) is 19.4 Å². The fraction of sp³-hybridized carbons (Fsp3) is 0. The second-order valence-electron chi connectivity index (χ2n) is 21.1. The molecule has 0 unspecified atom stereocenters. The van der Waals surface area contributed by atoms with Gasteiger partial charge in [0.1, 0.15) is 11.2 Å². The zero-order chi connectivity index (χ0) is 53.1. The molecule has 6 heteroatoms. The van der Waals surface area contributed by atoms with Gasteiger partial charge in [0.25, 0.3) is 0 Å². The first-order valence-corrected chi connectivity index (χ1v) is 27.5. The van der Waals surface area contributed by atoms with Crippen molar-refractivity contribution in [3.05, 3.63) is 273 Å². The number of aromatic nitrogens is 5. The first-order valence-electron chi connectivity index (χ1n) is 27.5. The Kier molecular flexibility index (Phi) is 9.91. The lowest BCUT2D eigenvalue weighted by molar-refractivity contribution is 0.670. The molecule has 0 aliphatic carbocycles. The second-order valence-corrected chi connectivity index (χ2v) is 21.1. The van der Waals surface area contributed by atoms with Crippen LogP contribution >= 0.6 is 0 Å². The van der Waals surface area contributed by atoms with E-state index < -0.39 is 0 Å².